The number of hydrogen-bond donors (Lipinski definition) is 1. The smallest absolute Gasteiger partial charge is 0.303 e. The summed E-state index contributed by atoms with van der Waals surface area (Å²) in [6.07, 6.45) is -3.76. The minimum absolute atomic E-state index is 0.253. The molecule has 0 aromatic heterocycles. The number of anilines is 1. The van der Waals surface area contributed by atoms with Crippen LogP contribution in [-0.4, -0.2) is 18.0 Å². The molecule has 0 radical (unpaired) electrons. The summed E-state index contributed by atoms with van der Waals surface area (Å²) in [4.78, 5) is 23.2. The van der Waals surface area contributed by atoms with Crippen LogP contribution in [0.4, 0.5) is 18.9 Å². The molecule has 0 aliphatic carbocycles. The van der Waals surface area contributed by atoms with Gasteiger partial charge in [0, 0.05) is 0 Å². The lowest BCUT2D eigenvalue weighted by atomic mass is 10.1. The second-order valence-corrected chi connectivity index (χ2v) is 3.38. The monoisotopic (exact) mass is 270 g/mol. The first-order valence-corrected chi connectivity index (χ1v) is 5.00. The maximum absolute atomic E-state index is 12.8. The highest BCUT2D eigenvalue weighted by molar-refractivity contribution is 6.39. The van der Waals surface area contributed by atoms with Gasteiger partial charge in [0.1, 0.15) is 0 Å². The van der Waals surface area contributed by atoms with E-state index >= 15 is 0 Å². The van der Waals surface area contributed by atoms with Crippen LogP contribution in [0.1, 0.15) is 5.56 Å². The Bertz CT molecular complexity index is 518. The molecule has 100 valence electrons. The van der Waals surface area contributed by atoms with Crippen molar-refractivity contribution in [2.24, 2.45) is 0 Å². The zero-order valence-electron chi connectivity index (χ0n) is 9.57. The molecule has 0 atom stereocenters. The molecule has 0 aliphatic heterocycles. The normalized spacial score (nSPS) is 10.7. The Morgan fingerprint density at radius 3 is 2.26 bits per heavy atom. The number of hydrogen-bond acceptors (Lipinski definition) is 3. The van der Waals surface area contributed by atoms with E-state index in [1.165, 1.54) is 6.07 Å². The summed E-state index contributed by atoms with van der Waals surface area (Å²) < 4.78 is 38.4. The van der Waals surface area contributed by atoms with Crippen LogP contribution in [0.5, 0.6) is 0 Å². The van der Waals surface area contributed by atoms with Crippen LogP contribution in [0.15, 0.2) is 36.9 Å². The summed E-state index contributed by atoms with van der Waals surface area (Å²) in [6, 6.07) is 4.12. The van der Waals surface area contributed by atoms with Crippen molar-refractivity contribution in [2.75, 3.05) is 4.90 Å². The summed E-state index contributed by atoms with van der Waals surface area (Å²) in [5, 5.41) is 6.80. The number of para-hydroxylation sites is 1. The molecule has 4 nitrogen and oxygen atoms in total. The van der Waals surface area contributed by atoms with Gasteiger partial charge in [0.25, 0.3) is 11.8 Å². The molecule has 0 aliphatic rings. The molecule has 0 fully saturated rings. The first kappa shape index (κ1) is 14.6. The molecular weight excluding hydrogens is 261 g/mol. The average molecular weight is 270 g/mol. The predicted octanol–water partition coefficient (Wildman–Crippen LogP) is 2.40. The average Bonchev–Trinajstić information content (AvgIpc) is 2.37. The number of amides is 2. The Kier molecular flexibility index (Phi) is 4.21. The molecule has 7 heteroatoms. The number of nitrogens with zero attached hydrogens (tertiary/aromatic N) is 1. The van der Waals surface area contributed by atoms with Crippen LogP contribution in [0, 0.1) is 5.41 Å². The minimum Gasteiger partial charge on any atom is -0.303 e. The van der Waals surface area contributed by atoms with Crippen molar-refractivity contribution in [2.45, 2.75) is 6.18 Å². The van der Waals surface area contributed by atoms with Crippen LogP contribution < -0.4 is 4.90 Å². The molecule has 1 N–H and O–H groups in total. The Morgan fingerprint density at radius 1 is 1.21 bits per heavy atom. The van der Waals surface area contributed by atoms with Crippen LogP contribution in [0.3, 0.4) is 0 Å². The molecule has 1 aromatic rings. The predicted molar refractivity (Wildman–Crippen MR) is 62.9 cm³/mol. The van der Waals surface area contributed by atoms with Crippen LogP contribution >= 0.6 is 0 Å². The van der Waals surface area contributed by atoms with E-state index in [1.807, 2.05) is 0 Å². The molecule has 19 heavy (non-hydrogen) atoms. The van der Waals surface area contributed by atoms with Gasteiger partial charge in [-0.1, -0.05) is 18.7 Å². The molecule has 0 heterocycles. The third kappa shape index (κ3) is 3.06. The van der Waals surface area contributed by atoms with Crippen molar-refractivity contribution >= 4 is 23.7 Å². The fraction of sp³-hybridized carbons (Fsp3) is 0.0833. The lowest BCUT2D eigenvalue weighted by Crippen LogP contribution is -2.37. The van der Waals surface area contributed by atoms with E-state index in [4.69, 9.17) is 5.41 Å². The van der Waals surface area contributed by atoms with Crippen molar-refractivity contribution in [1.29, 1.82) is 5.41 Å². The number of halogens is 3. The number of imide groups is 1. The summed E-state index contributed by atoms with van der Waals surface area (Å²) in [6.45, 7) is 3.12. The third-order valence-electron chi connectivity index (χ3n) is 2.19. The van der Waals surface area contributed by atoms with Gasteiger partial charge in [0.15, 0.2) is 0 Å². The van der Waals surface area contributed by atoms with Crippen LogP contribution in [-0.2, 0) is 15.8 Å². The molecule has 0 saturated carbocycles. The number of rotatable bonds is 3. The van der Waals surface area contributed by atoms with Gasteiger partial charge in [-0.2, -0.15) is 13.2 Å². The van der Waals surface area contributed by atoms with Gasteiger partial charge >= 0.3 is 6.18 Å². The highest BCUT2D eigenvalue weighted by atomic mass is 19.4. The number of nitrogens with one attached hydrogen (secondary N) is 1. The van der Waals surface area contributed by atoms with E-state index in [2.05, 4.69) is 6.58 Å². The zero-order valence-corrected chi connectivity index (χ0v) is 9.57. The van der Waals surface area contributed by atoms with E-state index < -0.39 is 29.2 Å². The van der Waals surface area contributed by atoms with Gasteiger partial charge in [-0.15, -0.1) is 0 Å². The Balaban J connectivity index is 3.47. The summed E-state index contributed by atoms with van der Waals surface area (Å²) in [5.74, 6) is -2.22. The second-order valence-electron chi connectivity index (χ2n) is 3.38. The van der Waals surface area contributed by atoms with Gasteiger partial charge in [0.05, 0.1) is 17.5 Å². The Hall–Kier alpha value is -2.44. The van der Waals surface area contributed by atoms with Gasteiger partial charge in [0.2, 0.25) is 0 Å². The standard InChI is InChI=1S/C12H9F3N2O2/c1-2-10(18)17(11(19)7-16)9-6-4-3-5-8(9)12(13,14)15/h2-7,16H,1H2. The van der Waals surface area contributed by atoms with Crippen molar-refractivity contribution in [1.82, 2.24) is 0 Å². The van der Waals surface area contributed by atoms with Crippen molar-refractivity contribution < 1.29 is 22.8 Å². The minimum atomic E-state index is -4.72. The quantitative estimate of drug-likeness (QED) is 0.677. The lowest BCUT2D eigenvalue weighted by molar-refractivity contribution is -0.137. The van der Waals surface area contributed by atoms with Crippen molar-refractivity contribution in [3.05, 3.63) is 42.5 Å². The fourth-order valence-electron chi connectivity index (χ4n) is 1.41. The maximum atomic E-state index is 12.8. The van der Waals surface area contributed by atoms with Gasteiger partial charge < -0.3 is 5.41 Å². The molecule has 0 saturated heterocycles. The molecule has 1 rings (SSSR count). The summed E-state index contributed by atoms with van der Waals surface area (Å²) in [7, 11) is 0. The second kappa shape index (κ2) is 5.47. The third-order valence-corrected chi connectivity index (χ3v) is 2.19. The van der Waals surface area contributed by atoms with Gasteiger partial charge in [-0.3, -0.25) is 9.59 Å². The number of benzene rings is 1. The number of alkyl halides is 3. The van der Waals surface area contributed by atoms with Crippen molar-refractivity contribution in [3.63, 3.8) is 0 Å². The van der Waals surface area contributed by atoms with Gasteiger partial charge in [-0.05, 0) is 18.2 Å². The van der Waals surface area contributed by atoms with E-state index in [1.54, 1.807) is 0 Å². The van der Waals surface area contributed by atoms with Crippen LogP contribution in [0.25, 0.3) is 0 Å². The summed E-state index contributed by atoms with van der Waals surface area (Å²) in [5.41, 5.74) is -1.77. The maximum Gasteiger partial charge on any atom is 0.418 e. The first-order valence-electron chi connectivity index (χ1n) is 5.00. The highest BCUT2D eigenvalue weighted by Crippen LogP contribution is 2.36. The molecule has 2 amide bonds. The molecule has 0 spiro atoms. The SMILES string of the molecule is C=CC(=O)N(C(=O)C=N)c1ccccc1C(F)(F)F. The van der Waals surface area contributed by atoms with Crippen LogP contribution in [0.2, 0.25) is 0 Å². The number of carbonyl (C=O) groups is 2. The lowest BCUT2D eigenvalue weighted by Gasteiger charge is -2.21. The first-order chi connectivity index (χ1) is 8.82. The molecule has 1 aromatic carbocycles. The molecule has 0 bridgehead atoms. The van der Waals surface area contributed by atoms with E-state index in [9.17, 15) is 22.8 Å². The highest BCUT2D eigenvalue weighted by Gasteiger charge is 2.36. The van der Waals surface area contributed by atoms with E-state index in [0.717, 1.165) is 18.2 Å². The van der Waals surface area contributed by atoms with Crippen molar-refractivity contribution in [3.8, 4) is 0 Å². The van der Waals surface area contributed by atoms with E-state index in [0.29, 0.717) is 6.08 Å². The van der Waals surface area contributed by atoms with Gasteiger partial charge in [-0.25, -0.2) is 4.90 Å². The van der Waals surface area contributed by atoms with E-state index in [-0.39, 0.29) is 11.1 Å². The Labute approximate surface area is 106 Å². The topological polar surface area (TPSA) is 61.2 Å². The molecule has 0 unspecified atom stereocenters. The summed E-state index contributed by atoms with van der Waals surface area (Å²) >= 11 is 0. The zero-order chi connectivity index (χ0) is 14.6. The largest absolute Gasteiger partial charge is 0.418 e. The Morgan fingerprint density at radius 2 is 1.79 bits per heavy atom. The molecular formula is C12H9F3N2O2. The number of carbonyl (C=O) groups excluding carboxylic acids is 2. The fourth-order valence-corrected chi connectivity index (χ4v) is 1.41.